The van der Waals surface area contributed by atoms with Gasteiger partial charge < -0.3 is 14.8 Å². The monoisotopic (exact) mass is 508 g/mol. The Kier molecular flexibility index (Phi) is 9.05. The van der Waals surface area contributed by atoms with Crippen LogP contribution in [0, 0.1) is 0 Å². The molecule has 7 nitrogen and oxygen atoms in total. The Morgan fingerprint density at radius 3 is 2.46 bits per heavy atom. The third kappa shape index (κ3) is 7.66. The van der Waals surface area contributed by atoms with E-state index in [0.29, 0.717) is 23.8 Å². The summed E-state index contributed by atoms with van der Waals surface area (Å²) in [5, 5.41) is 12.5. The summed E-state index contributed by atoms with van der Waals surface area (Å²) >= 11 is 5.40. The van der Waals surface area contributed by atoms with Crippen molar-refractivity contribution in [1.29, 1.82) is 0 Å². The Labute approximate surface area is 207 Å². The van der Waals surface area contributed by atoms with E-state index >= 15 is 0 Å². The first-order valence-electron chi connectivity index (χ1n) is 11.0. The molecule has 0 bridgehead atoms. The lowest BCUT2D eigenvalue weighted by Gasteiger charge is -2.18. The number of hydrogen-bond donors (Lipinski definition) is 2. The first kappa shape index (κ1) is 26.4. The third-order valence-corrected chi connectivity index (χ3v) is 5.37. The number of anilines is 1. The zero-order valence-corrected chi connectivity index (χ0v) is 20.2. The fraction of sp³-hybridized carbons (Fsp3) is 0.375. The third-order valence-electron chi connectivity index (χ3n) is 5.14. The number of hydrogen-bond acceptors (Lipinski definition) is 7. The van der Waals surface area contributed by atoms with Gasteiger partial charge in [0.2, 0.25) is 0 Å². The highest BCUT2D eigenvalue weighted by Crippen LogP contribution is 2.29. The lowest BCUT2D eigenvalue weighted by molar-refractivity contribution is -0.139. The second-order valence-electron chi connectivity index (χ2n) is 7.84. The van der Waals surface area contributed by atoms with E-state index in [4.69, 9.17) is 21.7 Å². The number of ether oxygens (including phenoxy) is 2. The Morgan fingerprint density at radius 1 is 1.17 bits per heavy atom. The van der Waals surface area contributed by atoms with E-state index in [1.807, 2.05) is 31.2 Å². The maximum Gasteiger partial charge on any atom is 0.416 e. The maximum atomic E-state index is 12.8. The topological polar surface area (TPSA) is 75.2 Å². The van der Waals surface area contributed by atoms with Crippen molar-refractivity contribution in [2.75, 3.05) is 38.7 Å². The fourth-order valence-electron chi connectivity index (χ4n) is 3.41. The lowest BCUT2D eigenvalue weighted by atomic mass is 10.0. The normalized spacial score (nSPS) is 15.5. The minimum Gasteiger partial charge on any atom is -0.494 e. The van der Waals surface area contributed by atoms with Gasteiger partial charge in [0, 0.05) is 5.69 Å². The quantitative estimate of drug-likeness (QED) is 0.370. The van der Waals surface area contributed by atoms with Crippen LogP contribution in [0.15, 0.2) is 53.6 Å². The number of nitrogens with one attached hydrogen (secondary N) is 2. The average Bonchev–Trinajstić information content (AvgIpc) is 3.23. The zero-order valence-electron chi connectivity index (χ0n) is 19.4. The number of carbonyl (C=O) groups excluding carboxylic acids is 1. The van der Waals surface area contributed by atoms with Gasteiger partial charge in [-0.05, 0) is 60.5 Å². The van der Waals surface area contributed by atoms with Crippen molar-refractivity contribution < 1.29 is 27.4 Å². The number of thiocarbonyl (C=S) groups is 1. The van der Waals surface area contributed by atoms with E-state index in [1.165, 1.54) is 19.2 Å². The van der Waals surface area contributed by atoms with Gasteiger partial charge in [-0.3, -0.25) is 15.1 Å². The number of methoxy groups -OCH3 is 1. The first-order chi connectivity index (χ1) is 16.7. The molecule has 0 aromatic heterocycles. The molecule has 0 radical (unpaired) electrons. The Bertz CT molecular complexity index is 1040. The van der Waals surface area contributed by atoms with E-state index in [0.717, 1.165) is 35.6 Å². The maximum absolute atomic E-state index is 12.8. The summed E-state index contributed by atoms with van der Waals surface area (Å²) < 4.78 is 48.7. The molecule has 1 aliphatic heterocycles. The minimum atomic E-state index is -4.40. The Hall–Kier alpha value is -3.18. The molecule has 0 spiro atoms. The summed E-state index contributed by atoms with van der Waals surface area (Å²) in [6.07, 6.45) is -3.49. The number of carbonyl (C=O) groups is 1. The van der Waals surface area contributed by atoms with Crippen LogP contribution < -0.4 is 15.4 Å². The summed E-state index contributed by atoms with van der Waals surface area (Å²) in [6.45, 7) is 3.36. The molecule has 0 fully saturated rings. The molecule has 1 atom stereocenters. The van der Waals surface area contributed by atoms with Crippen LogP contribution in [-0.2, 0) is 15.7 Å². The molecule has 0 saturated heterocycles. The zero-order chi connectivity index (χ0) is 25.4. The van der Waals surface area contributed by atoms with Crippen molar-refractivity contribution in [3.63, 3.8) is 0 Å². The summed E-state index contributed by atoms with van der Waals surface area (Å²) in [5.74, 6) is 0.359. The predicted octanol–water partition coefficient (Wildman–Crippen LogP) is 4.08. The Morgan fingerprint density at radius 2 is 1.86 bits per heavy atom. The smallest absolute Gasteiger partial charge is 0.416 e. The molecular weight excluding hydrogens is 481 g/mol. The van der Waals surface area contributed by atoms with Gasteiger partial charge in [-0.15, -0.1) is 0 Å². The molecule has 2 N–H and O–H groups in total. The van der Waals surface area contributed by atoms with Crippen molar-refractivity contribution in [2.45, 2.75) is 25.6 Å². The summed E-state index contributed by atoms with van der Waals surface area (Å²) in [6, 6.07) is 11.9. The van der Waals surface area contributed by atoms with Crippen molar-refractivity contribution in [1.82, 2.24) is 10.3 Å². The standard InChI is InChI=1S/C24H27F3N4O3S/c1-3-12-34-19-10-4-16(5-11-19)23-20(28-13-22(32)33-2)14-31(30-23)15-21(35)29-18-8-6-17(7-9-18)24(25,26)27/h4-11,20,28H,3,12-15H2,1-2H3,(H,29,35). The number of alkyl halides is 3. The van der Waals surface area contributed by atoms with Crippen LogP contribution in [0.3, 0.4) is 0 Å². The highest BCUT2D eigenvalue weighted by atomic mass is 32.1. The van der Waals surface area contributed by atoms with Crippen LogP contribution in [-0.4, -0.2) is 61.1 Å². The van der Waals surface area contributed by atoms with E-state index in [-0.39, 0.29) is 19.1 Å². The number of rotatable bonds is 10. The highest BCUT2D eigenvalue weighted by Gasteiger charge is 2.30. The molecule has 0 amide bonds. The van der Waals surface area contributed by atoms with Gasteiger partial charge in [0.05, 0.1) is 50.7 Å². The summed E-state index contributed by atoms with van der Waals surface area (Å²) in [7, 11) is 1.32. The summed E-state index contributed by atoms with van der Waals surface area (Å²) in [4.78, 5) is 12.0. The lowest BCUT2D eigenvalue weighted by Crippen LogP contribution is -2.42. The van der Waals surface area contributed by atoms with Crippen LogP contribution in [0.5, 0.6) is 5.75 Å². The second-order valence-corrected chi connectivity index (χ2v) is 8.33. The van der Waals surface area contributed by atoms with Crippen molar-refractivity contribution >= 4 is 34.6 Å². The van der Waals surface area contributed by atoms with Gasteiger partial charge in [-0.2, -0.15) is 18.3 Å². The molecule has 188 valence electrons. The Balaban J connectivity index is 1.68. The predicted molar refractivity (Wildman–Crippen MR) is 132 cm³/mol. The van der Waals surface area contributed by atoms with E-state index in [1.54, 1.807) is 5.01 Å². The number of benzene rings is 2. The van der Waals surface area contributed by atoms with Crippen molar-refractivity contribution in [3.05, 3.63) is 59.7 Å². The SMILES string of the molecule is CCCOc1ccc(C2=NN(CC(=S)Nc3ccc(C(F)(F)F)cc3)CC2NCC(=O)OC)cc1. The van der Waals surface area contributed by atoms with E-state index in [9.17, 15) is 18.0 Å². The van der Waals surface area contributed by atoms with Crippen molar-refractivity contribution in [3.8, 4) is 5.75 Å². The van der Waals surface area contributed by atoms with Crippen LogP contribution >= 0.6 is 12.2 Å². The van der Waals surface area contributed by atoms with Gasteiger partial charge in [0.1, 0.15) is 10.7 Å². The molecular formula is C24H27F3N4O3S. The molecule has 1 heterocycles. The van der Waals surface area contributed by atoms with Crippen LogP contribution in [0.2, 0.25) is 0 Å². The molecule has 35 heavy (non-hydrogen) atoms. The van der Waals surface area contributed by atoms with Gasteiger partial charge in [-0.25, -0.2) is 0 Å². The molecule has 2 aromatic rings. The molecule has 1 unspecified atom stereocenters. The van der Waals surface area contributed by atoms with E-state index in [2.05, 4.69) is 15.7 Å². The number of hydrazone groups is 1. The van der Waals surface area contributed by atoms with E-state index < -0.39 is 17.7 Å². The molecule has 1 aliphatic rings. The van der Waals surface area contributed by atoms with Gasteiger partial charge in [-0.1, -0.05) is 19.1 Å². The van der Waals surface area contributed by atoms with Crippen LogP contribution in [0.25, 0.3) is 0 Å². The van der Waals surface area contributed by atoms with Gasteiger partial charge in [0.15, 0.2) is 0 Å². The van der Waals surface area contributed by atoms with Gasteiger partial charge in [0.25, 0.3) is 0 Å². The number of halogens is 3. The minimum absolute atomic E-state index is 0.0139. The first-order valence-corrected chi connectivity index (χ1v) is 11.4. The van der Waals surface area contributed by atoms with Crippen LogP contribution in [0.1, 0.15) is 24.5 Å². The largest absolute Gasteiger partial charge is 0.494 e. The number of esters is 1. The molecule has 3 rings (SSSR count). The molecule has 0 aliphatic carbocycles. The molecule has 2 aromatic carbocycles. The second kappa shape index (κ2) is 12.0. The summed E-state index contributed by atoms with van der Waals surface area (Å²) in [5.41, 5.74) is 1.32. The number of nitrogens with zero attached hydrogens (tertiary/aromatic N) is 2. The average molecular weight is 509 g/mol. The fourth-order valence-corrected chi connectivity index (χ4v) is 3.68. The highest BCUT2D eigenvalue weighted by molar-refractivity contribution is 7.80. The van der Waals surface area contributed by atoms with Crippen molar-refractivity contribution in [2.24, 2.45) is 5.10 Å². The molecule has 11 heteroatoms. The van der Waals surface area contributed by atoms with Gasteiger partial charge >= 0.3 is 12.1 Å². The molecule has 0 saturated carbocycles. The van der Waals surface area contributed by atoms with Crippen LogP contribution in [0.4, 0.5) is 18.9 Å².